The Hall–Kier alpha value is -1.91. The van der Waals surface area contributed by atoms with E-state index in [9.17, 15) is 9.18 Å². The summed E-state index contributed by atoms with van der Waals surface area (Å²) >= 11 is 5.86. The summed E-state index contributed by atoms with van der Waals surface area (Å²) < 4.78 is 12.9. The molecular weight excluding hydrogens is 279 g/mol. The highest BCUT2D eigenvalue weighted by atomic mass is 35.5. The van der Waals surface area contributed by atoms with E-state index in [1.165, 1.54) is 12.1 Å². The molecule has 0 aliphatic heterocycles. The largest absolute Gasteiger partial charge is 0.326 e. The van der Waals surface area contributed by atoms with Crippen molar-refractivity contribution in [1.82, 2.24) is 0 Å². The van der Waals surface area contributed by atoms with Crippen LogP contribution >= 0.6 is 11.6 Å². The minimum atomic E-state index is -0.443. The highest BCUT2D eigenvalue weighted by Gasteiger charge is 2.09. The lowest BCUT2D eigenvalue weighted by molar-refractivity contribution is -0.115. The molecule has 0 fully saturated rings. The molecule has 0 saturated carbocycles. The second kappa shape index (κ2) is 6.50. The summed E-state index contributed by atoms with van der Waals surface area (Å²) in [4.78, 5) is 12.0. The topological polar surface area (TPSA) is 55.1 Å². The Balaban J connectivity index is 2.09. The Bertz CT molecular complexity index is 631. The second-order valence-corrected chi connectivity index (χ2v) is 4.73. The van der Waals surface area contributed by atoms with Gasteiger partial charge in [0.05, 0.1) is 17.1 Å². The Labute approximate surface area is 121 Å². The van der Waals surface area contributed by atoms with Crippen LogP contribution in [0.2, 0.25) is 5.02 Å². The van der Waals surface area contributed by atoms with Crippen LogP contribution in [0.4, 0.5) is 10.1 Å². The summed E-state index contributed by atoms with van der Waals surface area (Å²) in [6.45, 7) is 0.376. The summed E-state index contributed by atoms with van der Waals surface area (Å²) in [5.74, 6) is -0.666. The summed E-state index contributed by atoms with van der Waals surface area (Å²) in [7, 11) is 0. The number of benzene rings is 2. The Morgan fingerprint density at radius 3 is 2.55 bits per heavy atom. The number of anilines is 1. The third-order valence-electron chi connectivity index (χ3n) is 2.89. The van der Waals surface area contributed by atoms with Crippen molar-refractivity contribution in [2.24, 2.45) is 5.73 Å². The molecular formula is C15H14ClFN2O. The highest BCUT2D eigenvalue weighted by Crippen LogP contribution is 2.22. The van der Waals surface area contributed by atoms with Crippen molar-refractivity contribution in [1.29, 1.82) is 0 Å². The van der Waals surface area contributed by atoms with Gasteiger partial charge >= 0.3 is 0 Å². The maximum absolute atomic E-state index is 12.9. The normalized spacial score (nSPS) is 10.3. The molecule has 0 unspecified atom stereocenters. The zero-order valence-electron chi connectivity index (χ0n) is 10.7. The smallest absolute Gasteiger partial charge is 0.228 e. The standard InChI is InChI=1S/C15H14ClFN2O/c16-13-8-12(17)5-6-14(13)19-15(20)7-10-3-1-2-4-11(10)9-18/h1-6,8H,7,9,18H2,(H,19,20). The molecule has 3 nitrogen and oxygen atoms in total. The first-order chi connectivity index (χ1) is 9.60. The first kappa shape index (κ1) is 14.5. The van der Waals surface area contributed by atoms with E-state index in [2.05, 4.69) is 5.32 Å². The van der Waals surface area contributed by atoms with Gasteiger partial charge in [0.25, 0.3) is 0 Å². The van der Waals surface area contributed by atoms with Gasteiger partial charge in [0.15, 0.2) is 0 Å². The number of hydrogen-bond donors (Lipinski definition) is 2. The van der Waals surface area contributed by atoms with Crippen LogP contribution < -0.4 is 11.1 Å². The molecule has 0 radical (unpaired) electrons. The molecule has 0 saturated heterocycles. The number of nitrogens with two attached hydrogens (primary N) is 1. The lowest BCUT2D eigenvalue weighted by Gasteiger charge is -2.09. The number of carbonyl (C=O) groups is 1. The zero-order chi connectivity index (χ0) is 14.5. The van der Waals surface area contributed by atoms with Gasteiger partial charge in [-0.25, -0.2) is 4.39 Å². The van der Waals surface area contributed by atoms with Gasteiger partial charge in [-0.1, -0.05) is 35.9 Å². The fourth-order valence-electron chi connectivity index (χ4n) is 1.89. The summed E-state index contributed by atoms with van der Waals surface area (Å²) in [5, 5.41) is 2.83. The van der Waals surface area contributed by atoms with Gasteiger partial charge in [0.2, 0.25) is 5.91 Å². The van der Waals surface area contributed by atoms with E-state index < -0.39 is 5.82 Å². The van der Waals surface area contributed by atoms with Crippen molar-refractivity contribution in [3.8, 4) is 0 Å². The molecule has 0 spiro atoms. The van der Waals surface area contributed by atoms with E-state index in [0.717, 1.165) is 17.2 Å². The highest BCUT2D eigenvalue weighted by molar-refractivity contribution is 6.33. The average Bonchev–Trinajstić information content (AvgIpc) is 2.42. The predicted octanol–water partition coefficient (Wildman–Crippen LogP) is 3.12. The Morgan fingerprint density at radius 2 is 1.90 bits per heavy atom. The van der Waals surface area contributed by atoms with E-state index in [0.29, 0.717) is 12.2 Å². The lowest BCUT2D eigenvalue weighted by Crippen LogP contribution is -2.16. The molecule has 0 aliphatic rings. The number of hydrogen-bond acceptors (Lipinski definition) is 2. The third kappa shape index (κ3) is 3.56. The van der Waals surface area contributed by atoms with Crippen LogP contribution in [0.25, 0.3) is 0 Å². The van der Waals surface area contributed by atoms with Gasteiger partial charge in [-0.3, -0.25) is 4.79 Å². The quantitative estimate of drug-likeness (QED) is 0.910. The maximum Gasteiger partial charge on any atom is 0.228 e. The van der Waals surface area contributed by atoms with Crippen molar-refractivity contribution in [2.75, 3.05) is 5.32 Å². The van der Waals surface area contributed by atoms with Crippen LogP contribution in [0.3, 0.4) is 0 Å². The molecule has 2 aromatic rings. The van der Waals surface area contributed by atoms with E-state index >= 15 is 0 Å². The van der Waals surface area contributed by atoms with Crippen molar-refractivity contribution < 1.29 is 9.18 Å². The fraction of sp³-hybridized carbons (Fsp3) is 0.133. The molecule has 104 valence electrons. The third-order valence-corrected chi connectivity index (χ3v) is 3.21. The number of nitrogens with one attached hydrogen (secondary N) is 1. The molecule has 1 amide bonds. The maximum atomic E-state index is 12.9. The lowest BCUT2D eigenvalue weighted by atomic mass is 10.0. The first-order valence-electron chi connectivity index (χ1n) is 6.12. The van der Waals surface area contributed by atoms with E-state index in [1.807, 2.05) is 24.3 Å². The Kier molecular flexibility index (Phi) is 4.71. The van der Waals surface area contributed by atoms with Crippen LogP contribution in [0.5, 0.6) is 0 Å². The summed E-state index contributed by atoms with van der Waals surface area (Å²) in [6.07, 6.45) is 0.196. The molecule has 20 heavy (non-hydrogen) atoms. The second-order valence-electron chi connectivity index (χ2n) is 4.32. The van der Waals surface area contributed by atoms with Gasteiger partial charge in [-0.2, -0.15) is 0 Å². The van der Waals surface area contributed by atoms with Crippen molar-refractivity contribution in [3.05, 3.63) is 64.4 Å². The monoisotopic (exact) mass is 292 g/mol. The van der Waals surface area contributed by atoms with Crippen LogP contribution in [-0.4, -0.2) is 5.91 Å². The SMILES string of the molecule is NCc1ccccc1CC(=O)Nc1ccc(F)cc1Cl. The molecule has 0 aromatic heterocycles. The summed E-state index contributed by atoms with van der Waals surface area (Å²) in [5.41, 5.74) is 7.81. The molecule has 0 bridgehead atoms. The number of carbonyl (C=O) groups excluding carboxylic acids is 1. The van der Waals surface area contributed by atoms with Gasteiger partial charge in [0, 0.05) is 6.54 Å². The van der Waals surface area contributed by atoms with Gasteiger partial charge < -0.3 is 11.1 Å². The Morgan fingerprint density at radius 1 is 1.20 bits per heavy atom. The van der Waals surface area contributed by atoms with Crippen LogP contribution in [-0.2, 0) is 17.8 Å². The molecule has 3 N–H and O–H groups in total. The van der Waals surface area contributed by atoms with Gasteiger partial charge in [-0.05, 0) is 29.3 Å². The van der Waals surface area contributed by atoms with E-state index in [-0.39, 0.29) is 17.4 Å². The fourth-order valence-corrected chi connectivity index (χ4v) is 2.10. The molecule has 0 aliphatic carbocycles. The van der Waals surface area contributed by atoms with E-state index in [1.54, 1.807) is 0 Å². The molecule has 2 rings (SSSR count). The minimum absolute atomic E-state index is 0.172. The number of halogens is 2. The molecule has 0 heterocycles. The van der Waals surface area contributed by atoms with E-state index in [4.69, 9.17) is 17.3 Å². The summed E-state index contributed by atoms with van der Waals surface area (Å²) in [6, 6.07) is 11.3. The van der Waals surface area contributed by atoms with Crippen molar-refractivity contribution in [3.63, 3.8) is 0 Å². The van der Waals surface area contributed by atoms with Crippen LogP contribution in [0.15, 0.2) is 42.5 Å². The zero-order valence-corrected chi connectivity index (χ0v) is 11.5. The van der Waals surface area contributed by atoms with Crippen molar-refractivity contribution >= 4 is 23.2 Å². The molecule has 2 aromatic carbocycles. The number of rotatable bonds is 4. The molecule has 5 heteroatoms. The first-order valence-corrected chi connectivity index (χ1v) is 6.49. The number of amides is 1. The molecule has 0 atom stereocenters. The van der Waals surface area contributed by atoms with Gasteiger partial charge in [-0.15, -0.1) is 0 Å². The predicted molar refractivity (Wildman–Crippen MR) is 78.1 cm³/mol. The van der Waals surface area contributed by atoms with Gasteiger partial charge in [0.1, 0.15) is 5.82 Å². The average molecular weight is 293 g/mol. The van der Waals surface area contributed by atoms with Crippen LogP contribution in [0.1, 0.15) is 11.1 Å². The van der Waals surface area contributed by atoms with Crippen molar-refractivity contribution in [2.45, 2.75) is 13.0 Å². The minimum Gasteiger partial charge on any atom is -0.326 e. The van der Waals surface area contributed by atoms with Crippen LogP contribution in [0, 0.1) is 5.82 Å².